The monoisotopic (exact) mass is 300 g/mol. The molecule has 3 aromatic rings. The SMILES string of the molecule is CC(C)(c1ccccc1)c1noc(Cc2csc(N)n2)n1. The zero-order valence-corrected chi connectivity index (χ0v) is 12.7. The van der Waals surface area contributed by atoms with E-state index in [0.29, 0.717) is 23.3 Å². The number of nitrogens with two attached hydrogens (primary N) is 1. The van der Waals surface area contributed by atoms with Crippen molar-refractivity contribution >= 4 is 16.5 Å². The second-order valence-electron chi connectivity index (χ2n) is 5.36. The third kappa shape index (κ3) is 2.80. The Morgan fingerprint density at radius 2 is 1.95 bits per heavy atom. The highest BCUT2D eigenvalue weighted by molar-refractivity contribution is 7.13. The lowest BCUT2D eigenvalue weighted by Gasteiger charge is -2.20. The fourth-order valence-corrected chi connectivity index (χ4v) is 2.69. The van der Waals surface area contributed by atoms with E-state index in [2.05, 4.69) is 41.1 Å². The van der Waals surface area contributed by atoms with Crippen molar-refractivity contribution in [2.45, 2.75) is 25.7 Å². The number of nitrogens with zero attached hydrogens (tertiary/aromatic N) is 3. The van der Waals surface area contributed by atoms with Gasteiger partial charge in [-0.05, 0) is 19.4 Å². The van der Waals surface area contributed by atoms with Gasteiger partial charge in [-0.15, -0.1) is 11.3 Å². The number of thiazole rings is 1. The van der Waals surface area contributed by atoms with Crippen LogP contribution in [0.1, 0.15) is 36.8 Å². The van der Waals surface area contributed by atoms with Crippen molar-refractivity contribution in [3.8, 4) is 0 Å². The van der Waals surface area contributed by atoms with E-state index in [1.807, 2.05) is 23.6 Å². The number of anilines is 1. The summed E-state index contributed by atoms with van der Waals surface area (Å²) >= 11 is 1.41. The van der Waals surface area contributed by atoms with Gasteiger partial charge >= 0.3 is 0 Å². The van der Waals surface area contributed by atoms with Gasteiger partial charge in [0.25, 0.3) is 0 Å². The average Bonchev–Trinajstić information content (AvgIpc) is 3.10. The summed E-state index contributed by atoms with van der Waals surface area (Å²) in [6.45, 7) is 4.16. The molecule has 1 aromatic carbocycles. The van der Waals surface area contributed by atoms with Gasteiger partial charge in [-0.25, -0.2) is 4.98 Å². The van der Waals surface area contributed by atoms with Crippen LogP contribution in [0.25, 0.3) is 0 Å². The zero-order chi connectivity index (χ0) is 14.9. The molecule has 0 unspecified atom stereocenters. The summed E-state index contributed by atoms with van der Waals surface area (Å²) in [5.74, 6) is 1.23. The molecule has 0 amide bonds. The first-order valence-electron chi connectivity index (χ1n) is 6.64. The van der Waals surface area contributed by atoms with Gasteiger partial charge in [-0.1, -0.05) is 35.5 Å². The van der Waals surface area contributed by atoms with Gasteiger partial charge in [0.2, 0.25) is 5.89 Å². The molecule has 0 fully saturated rings. The standard InChI is InChI=1S/C15H16N4OS/c1-15(2,10-6-4-3-5-7-10)13-18-12(20-19-13)8-11-9-21-14(16)17-11/h3-7,9H,8H2,1-2H3,(H2,16,17). The second kappa shape index (κ2) is 5.29. The molecule has 6 heteroatoms. The highest BCUT2D eigenvalue weighted by atomic mass is 32.1. The molecule has 2 heterocycles. The Morgan fingerprint density at radius 3 is 2.62 bits per heavy atom. The average molecular weight is 300 g/mol. The molecule has 0 aliphatic heterocycles. The van der Waals surface area contributed by atoms with Crippen LogP contribution in [0.15, 0.2) is 40.2 Å². The Morgan fingerprint density at radius 1 is 1.19 bits per heavy atom. The summed E-state index contributed by atoms with van der Waals surface area (Å²) in [6.07, 6.45) is 0.506. The van der Waals surface area contributed by atoms with Gasteiger partial charge in [0.1, 0.15) is 0 Å². The van der Waals surface area contributed by atoms with Gasteiger partial charge in [-0.3, -0.25) is 0 Å². The van der Waals surface area contributed by atoms with Crippen LogP contribution in [0.4, 0.5) is 5.13 Å². The van der Waals surface area contributed by atoms with Crippen molar-refractivity contribution < 1.29 is 4.52 Å². The van der Waals surface area contributed by atoms with Crippen molar-refractivity contribution in [3.63, 3.8) is 0 Å². The van der Waals surface area contributed by atoms with Crippen LogP contribution in [0.3, 0.4) is 0 Å². The maximum absolute atomic E-state index is 5.62. The molecule has 2 N–H and O–H groups in total. The molecular weight excluding hydrogens is 284 g/mol. The third-order valence-electron chi connectivity index (χ3n) is 3.42. The maximum Gasteiger partial charge on any atom is 0.232 e. The summed E-state index contributed by atoms with van der Waals surface area (Å²) in [5, 5.41) is 6.58. The van der Waals surface area contributed by atoms with Gasteiger partial charge in [0.05, 0.1) is 17.5 Å². The number of hydrogen-bond acceptors (Lipinski definition) is 6. The molecule has 5 nitrogen and oxygen atoms in total. The third-order valence-corrected chi connectivity index (χ3v) is 4.15. The van der Waals surface area contributed by atoms with E-state index in [-0.39, 0.29) is 5.41 Å². The molecule has 0 bridgehead atoms. The number of benzene rings is 1. The molecule has 2 aromatic heterocycles. The lowest BCUT2D eigenvalue weighted by atomic mass is 9.84. The second-order valence-corrected chi connectivity index (χ2v) is 6.25. The quantitative estimate of drug-likeness (QED) is 0.801. The first-order chi connectivity index (χ1) is 10.1. The Bertz CT molecular complexity index is 733. The molecule has 21 heavy (non-hydrogen) atoms. The van der Waals surface area contributed by atoms with Crippen LogP contribution >= 0.6 is 11.3 Å². The Labute approximate surface area is 126 Å². The van der Waals surface area contributed by atoms with E-state index in [1.165, 1.54) is 11.3 Å². The van der Waals surface area contributed by atoms with E-state index >= 15 is 0 Å². The molecular formula is C15H16N4OS. The van der Waals surface area contributed by atoms with Crippen LogP contribution in [0.2, 0.25) is 0 Å². The normalized spacial score (nSPS) is 11.7. The molecule has 0 saturated heterocycles. The molecule has 0 atom stereocenters. The van der Waals surface area contributed by atoms with E-state index in [9.17, 15) is 0 Å². The summed E-state index contributed by atoms with van der Waals surface area (Å²) in [7, 11) is 0. The molecule has 0 spiro atoms. The van der Waals surface area contributed by atoms with E-state index < -0.39 is 0 Å². The Kier molecular flexibility index (Phi) is 3.47. The highest BCUT2D eigenvalue weighted by Crippen LogP contribution is 2.29. The number of aromatic nitrogens is 3. The predicted molar refractivity (Wildman–Crippen MR) is 82.2 cm³/mol. The van der Waals surface area contributed by atoms with E-state index in [1.54, 1.807) is 0 Å². The Balaban J connectivity index is 1.84. The topological polar surface area (TPSA) is 77.8 Å². The summed E-state index contributed by atoms with van der Waals surface area (Å²) in [5.41, 5.74) is 7.32. The van der Waals surface area contributed by atoms with Crippen LogP contribution in [0, 0.1) is 0 Å². The van der Waals surface area contributed by atoms with E-state index in [0.717, 1.165) is 11.3 Å². The lowest BCUT2D eigenvalue weighted by molar-refractivity contribution is 0.370. The largest absolute Gasteiger partial charge is 0.375 e. The highest BCUT2D eigenvalue weighted by Gasteiger charge is 2.28. The van der Waals surface area contributed by atoms with Gasteiger partial charge in [0.15, 0.2) is 11.0 Å². The molecule has 3 rings (SSSR count). The number of rotatable bonds is 4. The van der Waals surface area contributed by atoms with Crippen molar-refractivity contribution in [1.29, 1.82) is 0 Å². The lowest BCUT2D eigenvalue weighted by Crippen LogP contribution is -2.20. The van der Waals surface area contributed by atoms with Gasteiger partial charge in [-0.2, -0.15) is 4.98 Å². The van der Waals surface area contributed by atoms with Crippen LogP contribution in [0.5, 0.6) is 0 Å². The molecule has 0 radical (unpaired) electrons. The van der Waals surface area contributed by atoms with Crippen LogP contribution in [-0.4, -0.2) is 15.1 Å². The predicted octanol–water partition coefficient (Wildman–Crippen LogP) is 3.03. The smallest absolute Gasteiger partial charge is 0.232 e. The number of nitrogen functional groups attached to an aromatic ring is 1. The maximum atomic E-state index is 5.62. The van der Waals surface area contributed by atoms with Crippen molar-refractivity contribution in [2.75, 3.05) is 5.73 Å². The fraction of sp³-hybridized carbons (Fsp3) is 0.267. The minimum absolute atomic E-state index is 0.301. The minimum Gasteiger partial charge on any atom is -0.375 e. The molecule has 0 saturated carbocycles. The van der Waals surface area contributed by atoms with Crippen molar-refractivity contribution in [1.82, 2.24) is 15.1 Å². The minimum atomic E-state index is -0.301. The fourth-order valence-electron chi connectivity index (χ4n) is 2.12. The van der Waals surface area contributed by atoms with Crippen LogP contribution in [-0.2, 0) is 11.8 Å². The summed E-state index contributed by atoms with van der Waals surface area (Å²) in [4.78, 5) is 8.71. The molecule has 0 aliphatic rings. The van der Waals surface area contributed by atoms with Crippen LogP contribution < -0.4 is 5.73 Å². The summed E-state index contributed by atoms with van der Waals surface area (Å²) in [6, 6.07) is 10.1. The first kappa shape index (κ1) is 13.8. The first-order valence-corrected chi connectivity index (χ1v) is 7.52. The van der Waals surface area contributed by atoms with E-state index in [4.69, 9.17) is 10.3 Å². The van der Waals surface area contributed by atoms with Gasteiger partial charge < -0.3 is 10.3 Å². The summed E-state index contributed by atoms with van der Waals surface area (Å²) < 4.78 is 5.35. The van der Waals surface area contributed by atoms with Gasteiger partial charge in [0, 0.05) is 5.38 Å². The van der Waals surface area contributed by atoms with Crippen molar-refractivity contribution in [2.24, 2.45) is 0 Å². The number of hydrogen-bond donors (Lipinski definition) is 1. The van der Waals surface area contributed by atoms with Crippen molar-refractivity contribution in [3.05, 3.63) is 58.7 Å². The Hall–Kier alpha value is -2.21. The molecule has 108 valence electrons. The zero-order valence-electron chi connectivity index (χ0n) is 11.9. The molecule has 0 aliphatic carbocycles.